The molecule has 0 fully saturated rings. The lowest BCUT2D eigenvalue weighted by Crippen LogP contribution is -1.90. The topological polar surface area (TPSA) is 38.9 Å². The molecule has 0 saturated heterocycles. The number of halogens is 1. The zero-order valence-electron chi connectivity index (χ0n) is 9.26. The molecule has 0 aliphatic carbocycles. The van der Waals surface area contributed by atoms with Gasteiger partial charge in [0.25, 0.3) is 0 Å². The summed E-state index contributed by atoms with van der Waals surface area (Å²) in [6.07, 6.45) is 0. The van der Waals surface area contributed by atoms with Gasteiger partial charge < -0.3 is 5.73 Å². The van der Waals surface area contributed by atoms with Crippen molar-refractivity contribution in [2.45, 2.75) is 9.79 Å². The summed E-state index contributed by atoms with van der Waals surface area (Å²) in [6.45, 7) is 0. The van der Waals surface area contributed by atoms with E-state index in [1.165, 1.54) is 23.9 Å². The van der Waals surface area contributed by atoms with Crippen molar-refractivity contribution in [2.24, 2.45) is 0 Å². The summed E-state index contributed by atoms with van der Waals surface area (Å²) in [5, 5.41) is 0. The molecule has 0 spiro atoms. The Morgan fingerprint density at radius 3 is 2.94 bits per heavy atom. The van der Waals surface area contributed by atoms with Crippen molar-refractivity contribution in [3.8, 4) is 0 Å². The van der Waals surface area contributed by atoms with E-state index in [0.717, 1.165) is 20.0 Å². The number of aromatic nitrogens is 1. The zero-order chi connectivity index (χ0) is 12.5. The number of fused-ring (bicyclic) bond motifs is 1. The van der Waals surface area contributed by atoms with E-state index in [9.17, 15) is 4.39 Å². The molecule has 2 N–H and O–H groups in total. The van der Waals surface area contributed by atoms with E-state index in [-0.39, 0.29) is 5.82 Å². The van der Waals surface area contributed by atoms with E-state index >= 15 is 0 Å². The molecular formula is C13H9FN2S2. The molecule has 0 bridgehead atoms. The van der Waals surface area contributed by atoms with E-state index < -0.39 is 0 Å². The highest BCUT2D eigenvalue weighted by molar-refractivity contribution is 7.99. The minimum Gasteiger partial charge on any atom is -0.396 e. The quantitative estimate of drug-likeness (QED) is 0.714. The summed E-state index contributed by atoms with van der Waals surface area (Å²) >= 11 is 3.00. The maximum absolute atomic E-state index is 13.1. The molecule has 0 amide bonds. The lowest BCUT2D eigenvalue weighted by atomic mass is 10.3. The van der Waals surface area contributed by atoms with E-state index in [1.807, 2.05) is 18.2 Å². The molecular weight excluding hydrogens is 267 g/mol. The first-order chi connectivity index (χ1) is 8.74. The highest BCUT2D eigenvalue weighted by Gasteiger charge is 2.08. The van der Waals surface area contributed by atoms with Crippen LogP contribution in [0.25, 0.3) is 10.2 Å². The zero-order valence-corrected chi connectivity index (χ0v) is 10.9. The van der Waals surface area contributed by atoms with Crippen LogP contribution in [0.4, 0.5) is 10.1 Å². The molecule has 2 aromatic carbocycles. The Bertz CT molecular complexity index is 709. The third kappa shape index (κ3) is 2.07. The molecule has 3 rings (SSSR count). The number of hydrogen-bond donors (Lipinski definition) is 1. The van der Waals surface area contributed by atoms with Crippen LogP contribution in [-0.2, 0) is 0 Å². The van der Waals surface area contributed by atoms with Crippen LogP contribution >= 0.6 is 23.1 Å². The van der Waals surface area contributed by atoms with Crippen LogP contribution < -0.4 is 5.73 Å². The van der Waals surface area contributed by atoms with Gasteiger partial charge in [0.15, 0.2) is 0 Å². The summed E-state index contributed by atoms with van der Waals surface area (Å²) in [5.41, 5.74) is 9.33. The maximum atomic E-state index is 13.1. The molecule has 3 aromatic rings. The molecule has 0 radical (unpaired) electrons. The van der Waals surface area contributed by atoms with Gasteiger partial charge in [0.2, 0.25) is 0 Å². The van der Waals surface area contributed by atoms with Gasteiger partial charge in [-0.15, -0.1) is 11.3 Å². The first-order valence-corrected chi connectivity index (χ1v) is 6.99. The van der Waals surface area contributed by atoms with E-state index in [1.54, 1.807) is 22.9 Å². The fourth-order valence-electron chi connectivity index (χ4n) is 1.68. The van der Waals surface area contributed by atoms with Crippen molar-refractivity contribution in [1.82, 2.24) is 4.98 Å². The third-order valence-corrected chi connectivity index (χ3v) is 4.39. The van der Waals surface area contributed by atoms with Crippen molar-refractivity contribution in [3.63, 3.8) is 0 Å². The normalized spacial score (nSPS) is 10.9. The fourth-order valence-corrected chi connectivity index (χ4v) is 3.29. The van der Waals surface area contributed by atoms with Gasteiger partial charge in [0, 0.05) is 9.79 Å². The monoisotopic (exact) mass is 276 g/mol. The molecule has 0 saturated carbocycles. The Hall–Kier alpha value is -1.59. The van der Waals surface area contributed by atoms with Crippen molar-refractivity contribution in [1.29, 1.82) is 0 Å². The van der Waals surface area contributed by atoms with Gasteiger partial charge in [-0.2, -0.15) is 0 Å². The molecule has 0 aliphatic heterocycles. The highest BCUT2D eigenvalue weighted by Crippen LogP contribution is 2.36. The van der Waals surface area contributed by atoms with Crippen LogP contribution in [0, 0.1) is 5.82 Å². The molecule has 0 unspecified atom stereocenters. The number of nitrogen functional groups attached to an aromatic ring is 1. The van der Waals surface area contributed by atoms with Gasteiger partial charge in [-0.05, 0) is 30.3 Å². The molecule has 1 aromatic heterocycles. The molecule has 0 aliphatic rings. The van der Waals surface area contributed by atoms with Crippen LogP contribution in [0.3, 0.4) is 0 Å². The van der Waals surface area contributed by atoms with Gasteiger partial charge in [-0.1, -0.05) is 17.8 Å². The van der Waals surface area contributed by atoms with Crippen molar-refractivity contribution < 1.29 is 4.39 Å². The first kappa shape index (κ1) is 11.5. The molecule has 1 heterocycles. The summed E-state index contributed by atoms with van der Waals surface area (Å²) < 4.78 is 14.2. The molecule has 90 valence electrons. The van der Waals surface area contributed by atoms with Gasteiger partial charge in [0.1, 0.15) is 11.3 Å². The Morgan fingerprint density at radius 2 is 2.11 bits per heavy atom. The Morgan fingerprint density at radius 1 is 1.22 bits per heavy atom. The van der Waals surface area contributed by atoms with E-state index in [4.69, 9.17) is 5.73 Å². The minimum absolute atomic E-state index is 0.242. The summed E-state index contributed by atoms with van der Waals surface area (Å²) in [4.78, 5) is 5.98. The van der Waals surface area contributed by atoms with Gasteiger partial charge in [-0.25, -0.2) is 9.37 Å². The van der Waals surface area contributed by atoms with Crippen LogP contribution in [0.2, 0.25) is 0 Å². The van der Waals surface area contributed by atoms with E-state index in [0.29, 0.717) is 5.69 Å². The second-order valence-electron chi connectivity index (χ2n) is 3.74. The average molecular weight is 276 g/mol. The summed E-state index contributed by atoms with van der Waals surface area (Å²) in [5.74, 6) is -0.242. The summed E-state index contributed by atoms with van der Waals surface area (Å²) in [7, 11) is 0. The Balaban J connectivity index is 2.02. The second kappa shape index (κ2) is 4.59. The fraction of sp³-hybridized carbons (Fsp3) is 0. The predicted molar refractivity (Wildman–Crippen MR) is 74.6 cm³/mol. The number of benzene rings is 2. The van der Waals surface area contributed by atoms with Crippen molar-refractivity contribution >= 4 is 39.0 Å². The number of nitrogens with zero attached hydrogens (tertiary/aromatic N) is 1. The predicted octanol–water partition coefficient (Wildman–Crippen LogP) is 4.17. The van der Waals surface area contributed by atoms with Gasteiger partial charge >= 0.3 is 0 Å². The molecule has 2 nitrogen and oxygen atoms in total. The number of anilines is 1. The second-order valence-corrected chi connectivity index (χ2v) is 5.74. The van der Waals surface area contributed by atoms with Crippen molar-refractivity contribution in [3.05, 3.63) is 47.7 Å². The highest BCUT2D eigenvalue weighted by atomic mass is 32.2. The smallest absolute Gasteiger partial charge is 0.124 e. The third-order valence-electron chi connectivity index (χ3n) is 2.53. The van der Waals surface area contributed by atoms with E-state index in [2.05, 4.69) is 4.98 Å². The molecule has 5 heteroatoms. The largest absolute Gasteiger partial charge is 0.396 e. The standard InChI is InChI=1S/C13H9FN2S2/c14-8-2-1-3-9(6-8)18-10-4-5-11-13(12(10)15)16-7-17-11/h1-7H,15H2. The van der Waals surface area contributed by atoms with Crippen LogP contribution in [0.5, 0.6) is 0 Å². The van der Waals surface area contributed by atoms with Crippen molar-refractivity contribution in [2.75, 3.05) is 5.73 Å². The Kier molecular flexibility index (Phi) is 2.93. The Labute approximate surface area is 112 Å². The van der Waals surface area contributed by atoms with Crippen LogP contribution in [0.15, 0.2) is 51.7 Å². The first-order valence-electron chi connectivity index (χ1n) is 5.29. The summed E-state index contributed by atoms with van der Waals surface area (Å²) in [6, 6.07) is 10.4. The average Bonchev–Trinajstić information content (AvgIpc) is 2.82. The number of rotatable bonds is 2. The molecule has 0 atom stereocenters. The molecule has 18 heavy (non-hydrogen) atoms. The number of thiazole rings is 1. The lowest BCUT2D eigenvalue weighted by molar-refractivity contribution is 0.624. The minimum atomic E-state index is -0.242. The van der Waals surface area contributed by atoms with Crippen LogP contribution in [-0.4, -0.2) is 4.98 Å². The maximum Gasteiger partial charge on any atom is 0.124 e. The van der Waals surface area contributed by atoms with Crippen LogP contribution in [0.1, 0.15) is 0 Å². The van der Waals surface area contributed by atoms with Gasteiger partial charge in [-0.3, -0.25) is 0 Å². The number of nitrogens with two attached hydrogens (primary N) is 1. The van der Waals surface area contributed by atoms with Gasteiger partial charge in [0.05, 0.1) is 15.9 Å². The lowest BCUT2D eigenvalue weighted by Gasteiger charge is -2.05. The number of hydrogen-bond acceptors (Lipinski definition) is 4. The SMILES string of the molecule is Nc1c(Sc2cccc(F)c2)ccc2scnc12.